The third kappa shape index (κ3) is 7.29. The number of benzene rings is 1. The van der Waals surface area contributed by atoms with Crippen molar-refractivity contribution in [2.24, 2.45) is 45.3 Å². The fourth-order valence-corrected chi connectivity index (χ4v) is 11.7. The maximum Gasteiger partial charge on any atom is 1.00 e. The SMILES string of the molecule is C=C1CCC[C@@H]2[C@]1(CC[C@@]1(C)[C@@H]3CCCC(C)(C)C3=CC[C@@H]1C)CC[C@@H](C)[C@@]2(C)Cc1cc(S(=O)(=O)[O-])ccc1S(=O)(=O)[O-].[Na+].[Na+]. The molecule has 6 nitrogen and oxygen atoms in total. The molecule has 3 fully saturated rings. The summed E-state index contributed by atoms with van der Waals surface area (Å²) in [5.74, 6) is 1.57. The molecule has 0 amide bonds. The number of hydrogen-bond acceptors (Lipinski definition) is 6. The molecule has 46 heavy (non-hydrogen) atoms. The van der Waals surface area contributed by atoms with Crippen molar-refractivity contribution in [3.8, 4) is 0 Å². The number of hydrogen-bond donors (Lipinski definition) is 0. The first-order valence-corrected chi connectivity index (χ1v) is 19.5. The van der Waals surface area contributed by atoms with E-state index in [1.807, 2.05) is 0 Å². The summed E-state index contributed by atoms with van der Waals surface area (Å²) in [6, 6.07) is 3.09. The van der Waals surface area contributed by atoms with E-state index in [0.29, 0.717) is 11.8 Å². The standard InChI is InChI=1S/C36H54O6S2.2Na/c1-24-13-15-29-30(11-9-18-33(29,4)5)34(24,6)20-21-36-19-17-25(2)35(7,32(36)12-8-10-26(36)3)23-27-22-28(43(37,38)39)14-16-31(27)44(40,41)42;;/h14-16,22,24-25,30,32H,3,8-13,17-21,23H2,1-2,4-7H3,(H,37,38,39)(H,40,41,42);;/q;2*+1/p-2/t24-,25+,30+,32-,34+,35+,36-;;/m0../s1. The first kappa shape index (κ1) is 40.9. The molecule has 0 heterocycles. The Balaban J connectivity index is 0.00000288. The fraction of sp³-hybridized carbons (Fsp3) is 0.722. The zero-order valence-electron chi connectivity index (χ0n) is 29.6. The largest absolute Gasteiger partial charge is 1.00 e. The van der Waals surface area contributed by atoms with E-state index in [0.717, 1.165) is 69.6 Å². The predicted molar refractivity (Wildman–Crippen MR) is 172 cm³/mol. The average molecular weight is 691 g/mol. The van der Waals surface area contributed by atoms with Crippen LogP contribution >= 0.6 is 0 Å². The third-order valence-electron chi connectivity index (χ3n) is 13.6. The summed E-state index contributed by atoms with van der Waals surface area (Å²) >= 11 is 0. The van der Waals surface area contributed by atoms with Crippen molar-refractivity contribution < 1.29 is 85.1 Å². The molecule has 0 saturated heterocycles. The molecule has 7 atom stereocenters. The Morgan fingerprint density at radius 3 is 2.15 bits per heavy atom. The molecule has 0 N–H and O–H groups in total. The van der Waals surface area contributed by atoms with Crippen LogP contribution < -0.4 is 59.1 Å². The molecule has 4 aliphatic rings. The molecule has 246 valence electrons. The van der Waals surface area contributed by atoms with E-state index in [4.69, 9.17) is 6.58 Å². The van der Waals surface area contributed by atoms with Crippen LogP contribution in [0.15, 0.2) is 51.8 Å². The van der Waals surface area contributed by atoms with Gasteiger partial charge in [0.25, 0.3) is 0 Å². The summed E-state index contributed by atoms with van der Waals surface area (Å²) in [6.45, 7) is 18.9. The van der Waals surface area contributed by atoms with Gasteiger partial charge in [0.2, 0.25) is 0 Å². The van der Waals surface area contributed by atoms with Crippen LogP contribution in [0.1, 0.15) is 118 Å². The van der Waals surface area contributed by atoms with Crippen LogP contribution in [0.2, 0.25) is 0 Å². The van der Waals surface area contributed by atoms with E-state index in [2.05, 4.69) is 47.6 Å². The second-order valence-electron chi connectivity index (χ2n) is 16.1. The van der Waals surface area contributed by atoms with Crippen LogP contribution in [0.4, 0.5) is 0 Å². The molecule has 0 bridgehead atoms. The van der Waals surface area contributed by atoms with Gasteiger partial charge < -0.3 is 9.11 Å². The molecule has 4 aliphatic carbocycles. The summed E-state index contributed by atoms with van der Waals surface area (Å²) < 4.78 is 72.8. The normalized spacial score (nSPS) is 35.9. The zero-order valence-corrected chi connectivity index (χ0v) is 35.2. The first-order chi connectivity index (χ1) is 20.3. The van der Waals surface area contributed by atoms with E-state index in [1.165, 1.54) is 24.8 Å². The molecule has 5 rings (SSSR count). The number of allylic oxidation sites excluding steroid dienone is 3. The molecular formula is C36H52Na2O6S2. The molecule has 0 radical (unpaired) electrons. The Bertz CT molecular complexity index is 1570. The quantitative estimate of drug-likeness (QED) is 0.247. The first-order valence-electron chi connectivity index (χ1n) is 16.7. The van der Waals surface area contributed by atoms with Crippen molar-refractivity contribution >= 4 is 20.2 Å². The average Bonchev–Trinajstić information content (AvgIpc) is 2.92. The second kappa shape index (κ2) is 14.3. The minimum atomic E-state index is -4.88. The summed E-state index contributed by atoms with van der Waals surface area (Å²) in [5.41, 5.74) is 3.00. The van der Waals surface area contributed by atoms with Gasteiger partial charge in [-0.3, -0.25) is 0 Å². The Kier molecular flexibility index (Phi) is 12.7. The van der Waals surface area contributed by atoms with Crippen LogP contribution in [-0.2, 0) is 26.7 Å². The summed E-state index contributed by atoms with van der Waals surface area (Å²) in [6.07, 6.45) is 14.7. The molecule has 0 aliphatic heterocycles. The van der Waals surface area contributed by atoms with Crippen molar-refractivity contribution in [1.29, 1.82) is 0 Å². The second-order valence-corrected chi connectivity index (χ2v) is 18.9. The number of rotatable bonds is 7. The van der Waals surface area contributed by atoms with Crippen LogP contribution in [0.25, 0.3) is 0 Å². The van der Waals surface area contributed by atoms with E-state index in [1.54, 1.807) is 5.57 Å². The van der Waals surface area contributed by atoms with Gasteiger partial charge in [-0.1, -0.05) is 71.8 Å². The third-order valence-corrected chi connectivity index (χ3v) is 15.4. The molecular weight excluding hydrogens is 639 g/mol. The van der Waals surface area contributed by atoms with E-state index in [9.17, 15) is 25.9 Å². The minimum absolute atomic E-state index is 0. The summed E-state index contributed by atoms with van der Waals surface area (Å²) in [5, 5.41) is 0. The molecule has 0 unspecified atom stereocenters. The van der Waals surface area contributed by atoms with Crippen LogP contribution in [-0.4, -0.2) is 25.9 Å². The molecule has 0 aromatic heterocycles. The molecule has 0 spiro atoms. The van der Waals surface area contributed by atoms with Gasteiger partial charge in [-0.25, -0.2) is 16.8 Å². The Morgan fingerprint density at radius 1 is 0.848 bits per heavy atom. The van der Waals surface area contributed by atoms with Crippen LogP contribution in [0, 0.1) is 45.3 Å². The van der Waals surface area contributed by atoms with Crippen molar-refractivity contribution in [3.05, 3.63) is 47.6 Å². The van der Waals surface area contributed by atoms with Crippen molar-refractivity contribution in [2.45, 2.75) is 128 Å². The van der Waals surface area contributed by atoms with Crippen molar-refractivity contribution in [2.75, 3.05) is 0 Å². The van der Waals surface area contributed by atoms with E-state index >= 15 is 0 Å². The van der Waals surface area contributed by atoms with Crippen LogP contribution in [0.5, 0.6) is 0 Å². The van der Waals surface area contributed by atoms with Gasteiger partial charge >= 0.3 is 59.1 Å². The van der Waals surface area contributed by atoms with Crippen LogP contribution in [0.3, 0.4) is 0 Å². The van der Waals surface area contributed by atoms with Gasteiger partial charge in [0.15, 0.2) is 0 Å². The van der Waals surface area contributed by atoms with Crippen molar-refractivity contribution in [1.82, 2.24) is 0 Å². The predicted octanol–water partition coefficient (Wildman–Crippen LogP) is 2.40. The Hall–Kier alpha value is 0.520. The van der Waals surface area contributed by atoms with Gasteiger partial charge in [0, 0.05) is 0 Å². The van der Waals surface area contributed by atoms with Gasteiger partial charge in [0.05, 0.1) is 9.79 Å². The maximum absolute atomic E-state index is 12.3. The monoisotopic (exact) mass is 690 g/mol. The van der Waals surface area contributed by atoms with E-state index < -0.39 is 35.4 Å². The van der Waals surface area contributed by atoms with Gasteiger partial charge in [-0.05, 0) is 140 Å². The summed E-state index contributed by atoms with van der Waals surface area (Å²) in [4.78, 5) is -0.920. The summed E-state index contributed by atoms with van der Waals surface area (Å²) in [7, 11) is -9.70. The maximum atomic E-state index is 12.3. The fourth-order valence-electron chi connectivity index (χ4n) is 10.5. The molecule has 10 heteroatoms. The molecule has 1 aromatic carbocycles. The van der Waals surface area contributed by atoms with Gasteiger partial charge in [0.1, 0.15) is 20.2 Å². The zero-order chi connectivity index (χ0) is 32.5. The van der Waals surface area contributed by atoms with E-state index in [-0.39, 0.29) is 99.2 Å². The Labute approximate surface area is 323 Å². The number of fused-ring (bicyclic) bond motifs is 2. The molecule has 1 aromatic rings. The Morgan fingerprint density at radius 2 is 1.52 bits per heavy atom. The van der Waals surface area contributed by atoms with Gasteiger partial charge in [-0.15, -0.1) is 0 Å². The van der Waals surface area contributed by atoms with Crippen molar-refractivity contribution in [3.63, 3.8) is 0 Å². The molecule has 3 saturated carbocycles. The minimum Gasteiger partial charge on any atom is -0.744 e. The topological polar surface area (TPSA) is 114 Å². The van der Waals surface area contributed by atoms with Gasteiger partial charge in [-0.2, -0.15) is 0 Å². The smallest absolute Gasteiger partial charge is 0.744 e.